The molecule has 106 valence electrons. The van der Waals surface area contributed by atoms with Crippen LogP contribution < -0.4 is 0 Å². The first-order valence-corrected chi connectivity index (χ1v) is 7.04. The minimum atomic E-state index is 0.0397. The molecule has 0 aliphatic heterocycles. The summed E-state index contributed by atoms with van der Waals surface area (Å²) in [7, 11) is 0. The van der Waals surface area contributed by atoms with E-state index in [0.29, 0.717) is 18.7 Å². The van der Waals surface area contributed by atoms with Crippen LogP contribution in [0.2, 0.25) is 0 Å². The number of nitrogens with zero attached hydrogens (tertiary/aromatic N) is 2. The van der Waals surface area contributed by atoms with Gasteiger partial charge in [-0.25, -0.2) is 0 Å². The van der Waals surface area contributed by atoms with Crippen LogP contribution >= 0.6 is 0 Å². The fourth-order valence-electron chi connectivity index (χ4n) is 2.38. The highest BCUT2D eigenvalue weighted by molar-refractivity contribution is 5.97. The maximum atomic E-state index is 12.6. The lowest BCUT2D eigenvalue weighted by Crippen LogP contribution is -2.30. The van der Waals surface area contributed by atoms with Gasteiger partial charge in [0.25, 0.3) is 5.91 Å². The second-order valence-corrected chi connectivity index (χ2v) is 4.98. The third-order valence-corrected chi connectivity index (χ3v) is 3.57. The molecule has 0 atom stereocenters. The van der Waals surface area contributed by atoms with Crippen LogP contribution in [0, 0.1) is 0 Å². The molecule has 0 spiro atoms. The number of hydrogen-bond acceptors (Lipinski definition) is 2. The van der Waals surface area contributed by atoms with Crippen LogP contribution in [0.3, 0.4) is 0 Å². The lowest BCUT2D eigenvalue weighted by atomic mass is 10.1. The van der Waals surface area contributed by atoms with E-state index in [-0.39, 0.29) is 5.91 Å². The summed E-state index contributed by atoms with van der Waals surface area (Å²) in [6, 6.07) is 15.7. The highest BCUT2D eigenvalue weighted by atomic mass is 16.2. The van der Waals surface area contributed by atoms with E-state index in [0.717, 1.165) is 16.5 Å². The van der Waals surface area contributed by atoms with Crippen molar-refractivity contribution in [3.05, 3.63) is 65.9 Å². The Kier molecular flexibility index (Phi) is 3.69. The molecule has 1 aromatic heterocycles. The Morgan fingerprint density at radius 3 is 2.76 bits per heavy atom. The molecule has 3 rings (SSSR count). The summed E-state index contributed by atoms with van der Waals surface area (Å²) in [6.45, 7) is 3.29. The monoisotopic (exact) mass is 279 g/mol. The van der Waals surface area contributed by atoms with E-state index < -0.39 is 0 Å². The molecule has 0 unspecified atom stereocenters. The number of benzene rings is 2. The fourth-order valence-corrected chi connectivity index (χ4v) is 2.38. The second-order valence-electron chi connectivity index (χ2n) is 4.98. The molecule has 1 amide bonds. The average molecular weight is 279 g/mol. The van der Waals surface area contributed by atoms with E-state index in [4.69, 9.17) is 0 Å². The smallest absolute Gasteiger partial charge is 0.254 e. The Bertz CT molecular complexity index is 749. The Morgan fingerprint density at radius 1 is 1.19 bits per heavy atom. The number of nitrogens with one attached hydrogen (secondary N) is 1. The zero-order valence-electron chi connectivity index (χ0n) is 11.9. The number of carbonyl (C=O) groups is 1. The molecule has 2 aromatic carbocycles. The number of aromatic amines is 1. The predicted molar refractivity (Wildman–Crippen MR) is 83.0 cm³/mol. The largest absolute Gasteiger partial charge is 0.335 e. The normalized spacial score (nSPS) is 10.7. The maximum absolute atomic E-state index is 12.6. The van der Waals surface area contributed by atoms with Crippen LogP contribution in [-0.4, -0.2) is 27.5 Å². The average Bonchev–Trinajstić information content (AvgIpc) is 3.00. The molecule has 0 fully saturated rings. The molecule has 4 heteroatoms. The van der Waals surface area contributed by atoms with Gasteiger partial charge in [-0.15, -0.1) is 0 Å². The minimum absolute atomic E-state index is 0.0397. The van der Waals surface area contributed by atoms with Crippen molar-refractivity contribution in [2.24, 2.45) is 0 Å². The quantitative estimate of drug-likeness (QED) is 0.797. The standard InChI is InChI=1S/C17H17N3O/c1-2-20(12-13-6-4-3-5-7-13)17(21)14-8-9-15-11-18-19-16(15)10-14/h3-11H,2,12H2,1H3,(H,18,19). The third kappa shape index (κ3) is 2.79. The molecular weight excluding hydrogens is 262 g/mol. The van der Waals surface area contributed by atoms with Crippen LogP contribution in [0.4, 0.5) is 0 Å². The molecule has 0 aliphatic carbocycles. The Morgan fingerprint density at radius 2 is 2.00 bits per heavy atom. The van der Waals surface area contributed by atoms with Gasteiger partial charge in [0.15, 0.2) is 0 Å². The van der Waals surface area contributed by atoms with Crippen LogP contribution in [0.15, 0.2) is 54.7 Å². The van der Waals surface area contributed by atoms with E-state index >= 15 is 0 Å². The topological polar surface area (TPSA) is 49.0 Å². The van der Waals surface area contributed by atoms with Crippen LogP contribution in [0.5, 0.6) is 0 Å². The summed E-state index contributed by atoms with van der Waals surface area (Å²) in [4.78, 5) is 14.5. The van der Waals surface area contributed by atoms with Crippen LogP contribution in [0.1, 0.15) is 22.8 Å². The van der Waals surface area contributed by atoms with E-state index in [9.17, 15) is 4.79 Å². The van der Waals surface area contributed by atoms with Gasteiger partial charge in [-0.05, 0) is 24.6 Å². The summed E-state index contributed by atoms with van der Waals surface area (Å²) in [5.41, 5.74) is 2.71. The first-order valence-electron chi connectivity index (χ1n) is 7.04. The summed E-state index contributed by atoms with van der Waals surface area (Å²) in [5, 5.41) is 7.90. The highest BCUT2D eigenvalue weighted by Gasteiger charge is 2.15. The Hall–Kier alpha value is -2.62. The lowest BCUT2D eigenvalue weighted by molar-refractivity contribution is 0.0752. The van der Waals surface area contributed by atoms with Gasteiger partial charge in [0.1, 0.15) is 0 Å². The molecule has 0 aliphatic rings. The van der Waals surface area contributed by atoms with Crippen molar-refractivity contribution in [2.45, 2.75) is 13.5 Å². The summed E-state index contributed by atoms with van der Waals surface area (Å²) in [5.74, 6) is 0.0397. The molecule has 1 heterocycles. The highest BCUT2D eigenvalue weighted by Crippen LogP contribution is 2.15. The molecule has 21 heavy (non-hydrogen) atoms. The Balaban J connectivity index is 1.84. The molecular formula is C17H17N3O. The van der Waals surface area contributed by atoms with E-state index in [2.05, 4.69) is 10.2 Å². The number of rotatable bonds is 4. The number of fused-ring (bicyclic) bond motifs is 1. The summed E-state index contributed by atoms with van der Waals surface area (Å²) >= 11 is 0. The lowest BCUT2D eigenvalue weighted by Gasteiger charge is -2.21. The van der Waals surface area contributed by atoms with Gasteiger partial charge in [0.2, 0.25) is 0 Å². The fraction of sp³-hybridized carbons (Fsp3) is 0.176. The van der Waals surface area contributed by atoms with Gasteiger partial charge >= 0.3 is 0 Å². The van der Waals surface area contributed by atoms with Gasteiger partial charge in [0, 0.05) is 24.0 Å². The van der Waals surface area contributed by atoms with Gasteiger partial charge in [-0.1, -0.05) is 36.4 Å². The van der Waals surface area contributed by atoms with Gasteiger partial charge in [-0.3, -0.25) is 9.89 Å². The Labute approximate surface area is 123 Å². The molecule has 4 nitrogen and oxygen atoms in total. The van der Waals surface area contributed by atoms with Crippen molar-refractivity contribution in [2.75, 3.05) is 6.54 Å². The molecule has 0 saturated heterocycles. The van der Waals surface area contributed by atoms with Gasteiger partial charge < -0.3 is 4.90 Å². The number of aromatic nitrogens is 2. The SMILES string of the molecule is CCN(Cc1ccccc1)C(=O)c1ccc2cn[nH]c2c1. The van der Waals surface area contributed by atoms with E-state index in [1.807, 2.05) is 60.4 Å². The number of hydrogen-bond donors (Lipinski definition) is 1. The number of H-pyrrole nitrogens is 1. The van der Waals surface area contributed by atoms with Crippen LogP contribution in [-0.2, 0) is 6.54 Å². The first-order chi connectivity index (χ1) is 10.3. The second kappa shape index (κ2) is 5.79. The first kappa shape index (κ1) is 13.4. The zero-order valence-corrected chi connectivity index (χ0v) is 11.9. The van der Waals surface area contributed by atoms with Gasteiger partial charge in [-0.2, -0.15) is 5.10 Å². The molecule has 0 bridgehead atoms. The molecule has 0 saturated carbocycles. The maximum Gasteiger partial charge on any atom is 0.254 e. The van der Waals surface area contributed by atoms with E-state index in [1.165, 1.54) is 0 Å². The van der Waals surface area contributed by atoms with Gasteiger partial charge in [0.05, 0.1) is 11.7 Å². The van der Waals surface area contributed by atoms with Crippen molar-refractivity contribution >= 4 is 16.8 Å². The third-order valence-electron chi connectivity index (χ3n) is 3.57. The molecule has 1 N–H and O–H groups in total. The summed E-state index contributed by atoms with van der Waals surface area (Å²) in [6.07, 6.45) is 1.76. The summed E-state index contributed by atoms with van der Waals surface area (Å²) < 4.78 is 0. The molecule has 0 radical (unpaired) electrons. The minimum Gasteiger partial charge on any atom is -0.335 e. The number of carbonyl (C=O) groups excluding carboxylic acids is 1. The number of amides is 1. The van der Waals surface area contributed by atoms with Crippen molar-refractivity contribution in [1.82, 2.24) is 15.1 Å². The van der Waals surface area contributed by atoms with Crippen molar-refractivity contribution in [1.29, 1.82) is 0 Å². The van der Waals surface area contributed by atoms with E-state index in [1.54, 1.807) is 6.20 Å². The predicted octanol–water partition coefficient (Wildman–Crippen LogP) is 3.23. The van der Waals surface area contributed by atoms with Crippen molar-refractivity contribution < 1.29 is 4.79 Å². The molecule has 3 aromatic rings. The van der Waals surface area contributed by atoms with Crippen molar-refractivity contribution in [3.63, 3.8) is 0 Å². The van der Waals surface area contributed by atoms with Crippen LogP contribution in [0.25, 0.3) is 10.9 Å². The zero-order chi connectivity index (χ0) is 14.7. The van der Waals surface area contributed by atoms with Crippen molar-refractivity contribution in [3.8, 4) is 0 Å².